The van der Waals surface area contributed by atoms with Crippen LogP contribution in [0.25, 0.3) is 6.08 Å². The molecule has 0 fully saturated rings. The summed E-state index contributed by atoms with van der Waals surface area (Å²) in [5.41, 5.74) is 6.84. The van der Waals surface area contributed by atoms with Gasteiger partial charge in [-0.15, -0.1) is 0 Å². The van der Waals surface area contributed by atoms with Crippen LogP contribution in [0.15, 0.2) is 24.5 Å². The van der Waals surface area contributed by atoms with Gasteiger partial charge in [-0.05, 0) is 25.0 Å². The molecule has 0 spiro atoms. The van der Waals surface area contributed by atoms with Crippen LogP contribution in [0.3, 0.4) is 0 Å². The van der Waals surface area contributed by atoms with Crippen molar-refractivity contribution in [1.82, 2.24) is 4.57 Å². The maximum Gasteiger partial charge on any atom is 0.0217 e. The molecule has 0 aliphatic heterocycles. The molecule has 1 aromatic heterocycles. The van der Waals surface area contributed by atoms with Crippen LogP contribution in [0.1, 0.15) is 25.8 Å². The molecular weight excluding hydrogens is 160 g/mol. The Kier molecular flexibility index (Phi) is 3.77. The Labute approximate surface area is 80.1 Å². The van der Waals surface area contributed by atoms with Gasteiger partial charge in [-0.2, -0.15) is 0 Å². The number of nitrogens with zero attached hydrogens (tertiary/aromatic N) is 1. The first kappa shape index (κ1) is 10.1. The SMILES string of the molecule is CCCn1ccc(/C=C/C(C)N)c1. The summed E-state index contributed by atoms with van der Waals surface area (Å²) in [6.07, 6.45) is 9.49. The fraction of sp³-hybridized carbons (Fsp3) is 0.455. The van der Waals surface area contributed by atoms with Crippen molar-refractivity contribution in [3.05, 3.63) is 30.1 Å². The van der Waals surface area contributed by atoms with Crippen LogP contribution < -0.4 is 5.73 Å². The lowest BCUT2D eigenvalue weighted by atomic mass is 10.2. The van der Waals surface area contributed by atoms with E-state index >= 15 is 0 Å². The molecule has 2 nitrogen and oxygen atoms in total. The molecule has 1 rings (SSSR count). The molecule has 1 atom stereocenters. The van der Waals surface area contributed by atoms with E-state index < -0.39 is 0 Å². The zero-order chi connectivity index (χ0) is 9.68. The van der Waals surface area contributed by atoms with Crippen molar-refractivity contribution in [2.75, 3.05) is 0 Å². The second kappa shape index (κ2) is 4.87. The van der Waals surface area contributed by atoms with Crippen molar-refractivity contribution >= 4 is 6.08 Å². The lowest BCUT2D eigenvalue weighted by Crippen LogP contribution is -2.09. The summed E-state index contributed by atoms with van der Waals surface area (Å²) in [5.74, 6) is 0. The van der Waals surface area contributed by atoms with E-state index in [4.69, 9.17) is 5.73 Å². The fourth-order valence-electron chi connectivity index (χ4n) is 1.22. The van der Waals surface area contributed by atoms with Crippen molar-refractivity contribution in [1.29, 1.82) is 0 Å². The van der Waals surface area contributed by atoms with Gasteiger partial charge in [0, 0.05) is 25.0 Å². The highest BCUT2D eigenvalue weighted by Crippen LogP contribution is 2.04. The first-order valence-corrected chi connectivity index (χ1v) is 4.82. The number of hydrogen-bond acceptors (Lipinski definition) is 1. The van der Waals surface area contributed by atoms with Gasteiger partial charge in [-0.25, -0.2) is 0 Å². The Bertz CT molecular complexity index is 271. The third-order valence-corrected chi connectivity index (χ3v) is 1.85. The van der Waals surface area contributed by atoms with Crippen LogP contribution >= 0.6 is 0 Å². The van der Waals surface area contributed by atoms with Gasteiger partial charge in [0.15, 0.2) is 0 Å². The van der Waals surface area contributed by atoms with Crippen molar-refractivity contribution in [3.63, 3.8) is 0 Å². The molecule has 0 aliphatic rings. The largest absolute Gasteiger partial charge is 0.354 e. The quantitative estimate of drug-likeness (QED) is 0.753. The Morgan fingerprint density at radius 2 is 2.38 bits per heavy atom. The molecule has 0 aliphatic carbocycles. The Balaban J connectivity index is 2.58. The minimum atomic E-state index is 0.134. The molecule has 2 N–H and O–H groups in total. The van der Waals surface area contributed by atoms with Crippen LogP contribution in [0, 0.1) is 0 Å². The van der Waals surface area contributed by atoms with Gasteiger partial charge in [0.1, 0.15) is 0 Å². The number of rotatable bonds is 4. The van der Waals surface area contributed by atoms with Crippen LogP contribution in [-0.4, -0.2) is 10.6 Å². The van der Waals surface area contributed by atoms with Crippen LogP contribution in [0.2, 0.25) is 0 Å². The van der Waals surface area contributed by atoms with E-state index in [0.717, 1.165) is 6.54 Å². The van der Waals surface area contributed by atoms with E-state index in [9.17, 15) is 0 Å². The number of aryl methyl sites for hydroxylation is 1. The van der Waals surface area contributed by atoms with Crippen molar-refractivity contribution in [2.24, 2.45) is 5.73 Å². The van der Waals surface area contributed by atoms with Crippen LogP contribution in [-0.2, 0) is 6.54 Å². The Morgan fingerprint density at radius 3 is 3.00 bits per heavy atom. The first-order valence-electron chi connectivity index (χ1n) is 4.82. The molecule has 72 valence electrons. The Hall–Kier alpha value is -1.02. The summed E-state index contributed by atoms with van der Waals surface area (Å²) in [6, 6.07) is 2.24. The van der Waals surface area contributed by atoms with E-state index in [-0.39, 0.29) is 6.04 Å². The minimum absolute atomic E-state index is 0.134. The topological polar surface area (TPSA) is 30.9 Å². The second-order valence-corrected chi connectivity index (χ2v) is 3.40. The molecule has 0 radical (unpaired) electrons. The third-order valence-electron chi connectivity index (χ3n) is 1.85. The number of nitrogens with two attached hydrogens (primary N) is 1. The van der Waals surface area contributed by atoms with Crippen molar-refractivity contribution in [2.45, 2.75) is 32.9 Å². The van der Waals surface area contributed by atoms with Gasteiger partial charge in [0.25, 0.3) is 0 Å². The average molecular weight is 178 g/mol. The van der Waals surface area contributed by atoms with Gasteiger partial charge in [-0.3, -0.25) is 0 Å². The highest BCUT2D eigenvalue weighted by atomic mass is 14.9. The van der Waals surface area contributed by atoms with Gasteiger partial charge >= 0.3 is 0 Å². The third kappa shape index (κ3) is 3.47. The molecule has 0 saturated heterocycles. The van der Waals surface area contributed by atoms with Crippen LogP contribution in [0.4, 0.5) is 0 Å². The average Bonchev–Trinajstić information content (AvgIpc) is 2.50. The van der Waals surface area contributed by atoms with Gasteiger partial charge in [0.2, 0.25) is 0 Å². The predicted octanol–water partition coefficient (Wildman–Crippen LogP) is 2.26. The lowest BCUT2D eigenvalue weighted by molar-refractivity contribution is 0.683. The first-order chi connectivity index (χ1) is 6.22. The van der Waals surface area contributed by atoms with E-state index in [0.29, 0.717) is 0 Å². The van der Waals surface area contributed by atoms with E-state index in [1.54, 1.807) is 0 Å². The standard InChI is InChI=1S/C11H18N2/c1-3-7-13-8-6-11(9-13)5-4-10(2)12/h4-6,8-10H,3,7,12H2,1-2H3/b5-4+. The highest BCUT2D eigenvalue weighted by Gasteiger charge is 1.92. The summed E-state index contributed by atoms with van der Waals surface area (Å²) in [4.78, 5) is 0. The van der Waals surface area contributed by atoms with Crippen LogP contribution in [0.5, 0.6) is 0 Å². The minimum Gasteiger partial charge on any atom is -0.354 e. The normalized spacial score (nSPS) is 13.8. The van der Waals surface area contributed by atoms with E-state index in [2.05, 4.69) is 36.0 Å². The zero-order valence-electron chi connectivity index (χ0n) is 8.40. The number of aromatic nitrogens is 1. The van der Waals surface area contributed by atoms with Crippen molar-refractivity contribution < 1.29 is 0 Å². The highest BCUT2D eigenvalue weighted by molar-refractivity contribution is 5.48. The maximum atomic E-state index is 5.61. The summed E-state index contributed by atoms with van der Waals surface area (Å²) in [5, 5.41) is 0. The molecule has 1 aromatic rings. The molecule has 1 heterocycles. The van der Waals surface area contributed by atoms with Gasteiger partial charge < -0.3 is 10.3 Å². The molecule has 13 heavy (non-hydrogen) atoms. The molecular formula is C11H18N2. The zero-order valence-corrected chi connectivity index (χ0v) is 8.40. The smallest absolute Gasteiger partial charge is 0.0217 e. The van der Waals surface area contributed by atoms with E-state index in [1.807, 2.05) is 13.0 Å². The van der Waals surface area contributed by atoms with Gasteiger partial charge in [0.05, 0.1) is 0 Å². The second-order valence-electron chi connectivity index (χ2n) is 3.40. The summed E-state index contributed by atoms with van der Waals surface area (Å²) >= 11 is 0. The maximum absolute atomic E-state index is 5.61. The summed E-state index contributed by atoms with van der Waals surface area (Å²) < 4.78 is 2.20. The summed E-state index contributed by atoms with van der Waals surface area (Å²) in [7, 11) is 0. The Morgan fingerprint density at radius 1 is 1.62 bits per heavy atom. The van der Waals surface area contributed by atoms with Crippen molar-refractivity contribution in [3.8, 4) is 0 Å². The molecule has 0 bridgehead atoms. The number of hydrogen-bond donors (Lipinski definition) is 1. The molecule has 2 heteroatoms. The van der Waals surface area contributed by atoms with E-state index in [1.165, 1.54) is 12.0 Å². The fourth-order valence-corrected chi connectivity index (χ4v) is 1.22. The molecule has 0 saturated carbocycles. The molecule has 1 unspecified atom stereocenters. The monoisotopic (exact) mass is 178 g/mol. The predicted molar refractivity (Wildman–Crippen MR) is 57.4 cm³/mol. The van der Waals surface area contributed by atoms with Gasteiger partial charge in [-0.1, -0.05) is 19.1 Å². The lowest BCUT2D eigenvalue weighted by Gasteiger charge is -1.96. The molecule has 0 amide bonds. The molecule has 0 aromatic carbocycles. The summed E-state index contributed by atoms with van der Waals surface area (Å²) in [6.45, 7) is 5.24.